The average Bonchev–Trinajstić information content (AvgIpc) is 2.80. The zero-order valence-corrected chi connectivity index (χ0v) is 11.4. The minimum absolute atomic E-state index is 0.0670. The molecule has 2 N–H and O–H groups in total. The molecule has 4 nitrogen and oxygen atoms in total. The van der Waals surface area contributed by atoms with Gasteiger partial charge in [-0.05, 0) is 25.3 Å². The summed E-state index contributed by atoms with van der Waals surface area (Å²) in [6, 6.07) is 7.76. The second kappa shape index (κ2) is 5.91. The van der Waals surface area contributed by atoms with E-state index >= 15 is 0 Å². The Labute approximate surface area is 111 Å². The van der Waals surface area contributed by atoms with Gasteiger partial charge in [-0.3, -0.25) is 4.79 Å². The molecule has 0 aliphatic heterocycles. The van der Waals surface area contributed by atoms with Gasteiger partial charge in [0.2, 0.25) is 5.91 Å². The van der Waals surface area contributed by atoms with E-state index in [2.05, 4.69) is 15.3 Å². The van der Waals surface area contributed by atoms with Gasteiger partial charge in [0.25, 0.3) is 0 Å². The van der Waals surface area contributed by atoms with Crippen molar-refractivity contribution in [2.24, 2.45) is 0 Å². The number of aromatic nitrogens is 2. The number of para-hydroxylation sites is 2. The SMILES string of the molecule is CSCCC(=O)N[C@@H](C)c1nc2ccccc2[nH]1. The lowest BCUT2D eigenvalue weighted by Crippen LogP contribution is -2.27. The van der Waals surface area contributed by atoms with Crippen molar-refractivity contribution in [2.45, 2.75) is 19.4 Å². The summed E-state index contributed by atoms with van der Waals surface area (Å²) in [5, 5.41) is 2.95. The van der Waals surface area contributed by atoms with Crippen molar-refractivity contribution in [1.82, 2.24) is 15.3 Å². The lowest BCUT2D eigenvalue weighted by Gasteiger charge is -2.10. The number of aromatic amines is 1. The molecular weight excluding hydrogens is 246 g/mol. The van der Waals surface area contributed by atoms with Gasteiger partial charge in [0.15, 0.2) is 0 Å². The molecule has 1 aromatic heterocycles. The smallest absolute Gasteiger partial charge is 0.221 e. The fraction of sp³-hybridized carbons (Fsp3) is 0.385. The van der Waals surface area contributed by atoms with Gasteiger partial charge in [-0.1, -0.05) is 12.1 Å². The van der Waals surface area contributed by atoms with Crippen molar-refractivity contribution in [2.75, 3.05) is 12.0 Å². The molecule has 1 heterocycles. The molecule has 0 bridgehead atoms. The Kier molecular flexibility index (Phi) is 4.25. The number of carbonyl (C=O) groups excluding carboxylic acids is 1. The van der Waals surface area contributed by atoms with Gasteiger partial charge in [-0.25, -0.2) is 4.98 Å². The van der Waals surface area contributed by atoms with Crippen LogP contribution in [0, 0.1) is 0 Å². The molecule has 18 heavy (non-hydrogen) atoms. The molecule has 0 unspecified atom stereocenters. The first-order valence-electron chi connectivity index (χ1n) is 5.93. The zero-order valence-electron chi connectivity index (χ0n) is 10.6. The summed E-state index contributed by atoms with van der Waals surface area (Å²) < 4.78 is 0. The summed E-state index contributed by atoms with van der Waals surface area (Å²) in [6.07, 6.45) is 2.54. The number of H-pyrrole nitrogens is 1. The number of carbonyl (C=O) groups is 1. The third-order valence-electron chi connectivity index (χ3n) is 2.73. The molecule has 0 fully saturated rings. The van der Waals surface area contributed by atoms with Gasteiger partial charge in [-0.2, -0.15) is 11.8 Å². The van der Waals surface area contributed by atoms with Crippen molar-refractivity contribution in [3.05, 3.63) is 30.1 Å². The maximum absolute atomic E-state index is 11.6. The number of amides is 1. The molecule has 0 saturated carbocycles. The fourth-order valence-electron chi connectivity index (χ4n) is 1.75. The Morgan fingerprint density at radius 1 is 1.50 bits per heavy atom. The quantitative estimate of drug-likeness (QED) is 0.871. The highest BCUT2D eigenvalue weighted by Crippen LogP contribution is 2.15. The highest BCUT2D eigenvalue weighted by Gasteiger charge is 2.12. The van der Waals surface area contributed by atoms with Crippen molar-refractivity contribution in [1.29, 1.82) is 0 Å². The van der Waals surface area contributed by atoms with E-state index < -0.39 is 0 Å². The molecule has 2 aromatic rings. The van der Waals surface area contributed by atoms with Crippen molar-refractivity contribution >= 4 is 28.7 Å². The van der Waals surface area contributed by atoms with E-state index in [9.17, 15) is 4.79 Å². The van der Waals surface area contributed by atoms with Crippen LogP contribution in [0.5, 0.6) is 0 Å². The van der Waals surface area contributed by atoms with Crippen LogP contribution in [0.2, 0.25) is 0 Å². The Morgan fingerprint density at radius 2 is 2.28 bits per heavy atom. The topological polar surface area (TPSA) is 57.8 Å². The summed E-state index contributed by atoms with van der Waals surface area (Å²) in [5.74, 6) is 1.71. The van der Waals surface area contributed by atoms with Gasteiger partial charge in [0.1, 0.15) is 5.82 Å². The first-order valence-corrected chi connectivity index (χ1v) is 7.33. The maximum atomic E-state index is 11.6. The van der Waals surface area contributed by atoms with Gasteiger partial charge in [-0.15, -0.1) is 0 Å². The third kappa shape index (κ3) is 3.04. The molecule has 0 radical (unpaired) electrons. The number of rotatable bonds is 5. The largest absolute Gasteiger partial charge is 0.346 e. The van der Waals surface area contributed by atoms with Crippen LogP contribution in [0.25, 0.3) is 11.0 Å². The normalized spacial score (nSPS) is 12.6. The molecule has 0 aliphatic carbocycles. The van der Waals surface area contributed by atoms with Crippen LogP contribution in [0.1, 0.15) is 25.2 Å². The molecule has 0 saturated heterocycles. The number of hydrogen-bond acceptors (Lipinski definition) is 3. The van der Waals surface area contributed by atoms with Crippen LogP contribution in [0.4, 0.5) is 0 Å². The Balaban J connectivity index is 2.04. The van der Waals surface area contributed by atoms with Crippen LogP contribution in [0.15, 0.2) is 24.3 Å². The molecule has 1 aromatic carbocycles. The molecule has 2 rings (SSSR count). The van der Waals surface area contributed by atoms with Crippen molar-refractivity contribution in [3.63, 3.8) is 0 Å². The molecule has 1 atom stereocenters. The number of thioether (sulfide) groups is 1. The Bertz CT molecular complexity index is 505. The van der Waals surface area contributed by atoms with Crippen LogP contribution < -0.4 is 5.32 Å². The maximum Gasteiger partial charge on any atom is 0.221 e. The third-order valence-corrected chi connectivity index (χ3v) is 3.34. The molecule has 0 spiro atoms. The van der Waals surface area contributed by atoms with Gasteiger partial charge in [0, 0.05) is 12.2 Å². The molecule has 96 valence electrons. The second-order valence-electron chi connectivity index (χ2n) is 4.17. The first-order chi connectivity index (χ1) is 8.70. The predicted octanol–water partition coefficient (Wildman–Crippen LogP) is 2.49. The minimum atomic E-state index is -0.0910. The van der Waals surface area contributed by atoms with Crippen molar-refractivity contribution < 1.29 is 4.79 Å². The number of fused-ring (bicyclic) bond motifs is 1. The van der Waals surface area contributed by atoms with Crippen LogP contribution in [-0.2, 0) is 4.79 Å². The highest BCUT2D eigenvalue weighted by atomic mass is 32.2. The summed E-state index contributed by atoms with van der Waals surface area (Å²) in [5.41, 5.74) is 1.93. The van der Waals surface area contributed by atoms with E-state index in [-0.39, 0.29) is 11.9 Å². The van der Waals surface area contributed by atoms with E-state index in [0.717, 1.165) is 22.6 Å². The van der Waals surface area contributed by atoms with E-state index in [4.69, 9.17) is 0 Å². The molecule has 1 amide bonds. The number of nitrogens with zero attached hydrogens (tertiary/aromatic N) is 1. The second-order valence-corrected chi connectivity index (χ2v) is 5.16. The van der Waals surface area contributed by atoms with Crippen LogP contribution >= 0.6 is 11.8 Å². The molecular formula is C13H17N3OS. The zero-order chi connectivity index (χ0) is 13.0. The summed E-state index contributed by atoms with van der Waals surface area (Å²) >= 11 is 1.67. The summed E-state index contributed by atoms with van der Waals surface area (Å²) in [4.78, 5) is 19.3. The Hall–Kier alpha value is -1.49. The lowest BCUT2D eigenvalue weighted by molar-refractivity contribution is -0.121. The van der Waals surface area contributed by atoms with Gasteiger partial charge >= 0.3 is 0 Å². The highest BCUT2D eigenvalue weighted by molar-refractivity contribution is 7.98. The predicted molar refractivity (Wildman–Crippen MR) is 75.7 cm³/mol. The fourth-order valence-corrected chi connectivity index (χ4v) is 2.14. The summed E-state index contributed by atoms with van der Waals surface area (Å²) in [7, 11) is 0. The first kappa shape index (κ1) is 13.0. The number of hydrogen-bond donors (Lipinski definition) is 2. The van der Waals surface area contributed by atoms with Gasteiger partial charge in [0.05, 0.1) is 17.1 Å². The van der Waals surface area contributed by atoms with E-state index in [1.807, 2.05) is 37.4 Å². The molecule has 0 aliphatic rings. The van der Waals surface area contributed by atoms with Crippen LogP contribution in [-0.4, -0.2) is 27.9 Å². The van der Waals surface area contributed by atoms with E-state index in [1.54, 1.807) is 11.8 Å². The number of nitrogens with one attached hydrogen (secondary N) is 2. The average molecular weight is 263 g/mol. The molecule has 5 heteroatoms. The lowest BCUT2D eigenvalue weighted by atomic mass is 10.3. The van der Waals surface area contributed by atoms with Crippen molar-refractivity contribution in [3.8, 4) is 0 Å². The van der Waals surface area contributed by atoms with E-state index in [1.165, 1.54) is 0 Å². The van der Waals surface area contributed by atoms with Crippen LogP contribution in [0.3, 0.4) is 0 Å². The Morgan fingerprint density at radius 3 is 3.00 bits per heavy atom. The standard InChI is InChI=1S/C13H17N3OS/c1-9(14-12(17)7-8-18-2)13-15-10-5-3-4-6-11(10)16-13/h3-6,9H,7-8H2,1-2H3,(H,14,17)(H,15,16)/t9-/m0/s1. The monoisotopic (exact) mass is 263 g/mol. The van der Waals surface area contributed by atoms with Gasteiger partial charge < -0.3 is 10.3 Å². The van der Waals surface area contributed by atoms with E-state index in [0.29, 0.717) is 6.42 Å². The number of imidazole rings is 1. The number of benzene rings is 1. The minimum Gasteiger partial charge on any atom is -0.346 e. The summed E-state index contributed by atoms with van der Waals surface area (Å²) in [6.45, 7) is 1.94.